The molecule has 0 aliphatic carbocycles. The largest absolute Gasteiger partial charge is 0.394 e. The molecule has 2 aromatic rings. The monoisotopic (exact) mass is 295 g/mol. The predicted octanol–water partition coefficient (Wildman–Crippen LogP) is -0.438. The van der Waals surface area contributed by atoms with Crippen LogP contribution in [0, 0.1) is 10.1 Å². The van der Waals surface area contributed by atoms with Crippen molar-refractivity contribution in [2.75, 3.05) is 12.3 Å². The van der Waals surface area contributed by atoms with Crippen LogP contribution < -0.4 is 5.73 Å². The van der Waals surface area contributed by atoms with Crippen molar-refractivity contribution < 1.29 is 19.9 Å². The normalized spacial score (nSPS) is 25.5. The number of aromatic nitrogens is 3. The number of hydrogen-bond acceptors (Lipinski definition) is 8. The maximum atomic E-state index is 11.1. The number of nitrogen functional groups attached to an aromatic ring is 1. The summed E-state index contributed by atoms with van der Waals surface area (Å²) in [6, 6.07) is 0. The van der Waals surface area contributed by atoms with Crippen molar-refractivity contribution in [2.24, 2.45) is 0 Å². The van der Waals surface area contributed by atoms with Crippen LogP contribution in [0.3, 0.4) is 0 Å². The Bertz CT molecular complexity index is 702. The second-order valence-electron chi connectivity index (χ2n) is 4.75. The summed E-state index contributed by atoms with van der Waals surface area (Å²) in [7, 11) is 0. The summed E-state index contributed by atoms with van der Waals surface area (Å²) in [5, 5.41) is 30.0. The second kappa shape index (κ2) is 4.91. The Kier molecular flexibility index (Phi) is 3.20. The molecule has 1 aliphatic rings. The highest BCUT2D eigenvalue weighted by molar-refractivity contribution is 5.91. The van der Waals surface area contributed by atoms with Crippen LogP contribution in [0.5, 0.6) is 0 Å². The topological polar surface area (TPSA) is 150 Å². The van der Waals surface area contributed by atoms with Crippen LogP contribution in [0.4, 0.5) is 11.5 Å². The minimum Gasteiger partial charge on any atom is -0.394 e. The van der Waals surface area contributed by atoms with Crippen LogP contribution in [0.25, 0.3) is 11.0 Å². The van der Waals surface area contributed by atoms with Crippen molar-refractivity contribution in [3.05, 3.63) is 22.6 Å². The van der Waals surface area contributed by atoms with Gasteiger partial charge < -0.3 is 20.7 Å². The fourth-order valence-electron chi connectivity index (χ4n) is 2.46. The van der Waals surface area contributed by atoms with E-state index in [9.17, 15) is 15.2 Å². The summed E-state index contributed by atoms with van der Waals surface area (Å²) < 4.78 is 6.92. The van der Waals surface area contributed by atoms with Crippen molar-refractivity contribution in [3.63, 3.8) is 0 Å². The molecule has 0 radical (unpaired) electrons. The highest BCUT2D eigenvalue weighted by Gasteiger charge is 2.36. The molecule has 21 heavy (non-hydrogen) atoms. The van der Waals surface area contributed by atoms with E-state index < -0.39 is 23.4 Å². The van der Waals surface area contributed by atoms with E-state index in [4.69, 9.17) is 15.6 Å². The van der Waals surface area contributed by atoms with Gasteiger partial charge in [0.2, 0.25) is 0 Å². The Hall–Kier alpha value is -2.30. The van der Waals surface area contributed by atoms with E-state index in [0.717, 1.165) is 6.20 Å². The van der Waals surface area contributed by atoms with Crippen molar-refractivity contribution >= 4 is 22.5 Å². The number of nitrogens with zero attached hydrogens (tertiary/aromatic N) is 4. The number of nitrogens with two attached hydrogens (primary N) is 1. The molecule has 1 saturated heterocycles. The Morgan fingerprint density at radius 2 is 2.33 bits per heavy atom. The van der Waals surface area contributed by atoms with Gasteiger partial charge in [-0.1, -0.05) is 0 Å². The lowest BCUT2D eigenvalue weighted by Crippen LogP contribution is -2.24. The molecule has 1 fully saturated rings. The number of aliphatic hydroxyl groups excluding tert-OH is 2. The summed E-state index contributed by atoms with van der Waals surface area (Å²) in [4.78, 5) is 18.3. The van der Waals surface area contributed by atoms with E-state index in [2.05, 4.69) is 9.97 Å². The highest BCUT2D eigenvalue weighted by atomic mass is 16.6. The lowest BCUT2D eigenvalue weighted by molar-refractivity contribution is -0.383. The molecule has 10 nitrogen and oxygen atoms in total. The number of nitro groups is 1. The van der Waals surface area contributed by atoms with Crippen molar-refractivity contribution in [1.82, 2.24) is 14.5 Å². The molecule has 2 aromatic heterocycles. The molecule has 0 saturated carbocycles. The Morgan fingerprint density at radius 3 is 2.95 bits per heavy atom. The summed E-state index contributed by atoms with van der Waals surface area (Å²) in [5.41, 5.74) is 5.82. The van der Waals surface area contributed by atoms with Gasteiger partial charge in [0.15, 0.2) is 11.3 Å². The first kappa shape index (κ1) is 13.7. The highest BCUT2D eigenvalue weighted by Crippen LogP contribution is 2.35. The number of rotatable bonds is 3. The molecule has 1 aliphatic heterocycles. The molecule has 0 amide bonds. The lowest BCUT2D eigenvalue weighted by atomic mass is 10.2. The van der Waals surface area contributed by atoms with Crippen molar-refractivity contribution in [2.45, 2.75) is 24.9 Å². The smallest absolute Gasteiger partial charge is 0.313 e. The lowest BCUT2D eigenvalue weighted by Gasteiger charge is -2.14. The summed E-state index contributed by atoms with van der Waals surface area (Å²) in [5.74, 6) is 0.0756. The molecule has 3 heterocycles. The van der Waals surface area contributed by atoms with E-state index in [1.54, 1.807) is 0 Å². The zero-order valence-electron chi connectivity index (χ0n) is 10.8. The Labute approximate surface area is 117 Å². The van der Waals surface area contributed by atoms with Crippen LogP contribution in [-0.4, -0.2) is 48.5 Å². The fraction of sp³-hybridized carbons (Fsp3) is 0.455. The van der Waals surface area contributed by atoms with Gasteiger partial charge in [-0.3, -0.25) is 14.7 Å². The minimum atomic E-state index is -0.851. The molecular weight excluding hydrogens is 282 g/mol. The number of anilines is 1. The molecule has 3 rings (SSSR count). The first-order valence-electron chi connectivity index (χ1n) is 6.22. The third kappa shape index (κ3) is 2.09. The Morgan fingerprint density at radius 1 is 1.57 bits per heavy atom. The van der Waals surface area contributed by atoms with Crippen LogP contribution in [0.2, 0.25) is 0 Å². The first-order valence-corrected chi connectivity index (χ1v) is 6.22. The third-order valence-corrected chi connectivity index (χ3v) is 3.50. The van der Waals surface area contributed by atoms with E-state index in [1.165, 1.54) is 10.9 Å². The number of fused-ring (bicyclic) bond motifs is 1. The minimum absolute atomic E-state index is 0.0756. The van der Waals surface area contributed by atoms with E-state index in [-0.39, 0.29) is 35.6 Å². The molecule has 112 valence electrons. The zero-order valence-corrected chi connectivity index (χ0v) is 10.8. The fourth-order valence-corrected chi connectivity index (χ4v) is 2.46. The SMILES string of the molecule is Nc1ncc([N+](=O)[O-])c2c1ncn2[C@H]1C[C@H](O)[C@@H](CO)O1. The number of imidazole rings is 1. The van der Waals surface area contributed by atoms with Gasteiger partial charge in [-0.2, -0.15) is 0 Å². The van der Waals surface area contributed by atoms with Crippen molar-refractivity contribution in [3.8, 4) is 0 Å². The van der Waals surface area contributed by atoms with E-state index in [0.29, 0.717) is 0 Å². The Balaban J connectivity index is 2.12. The van der Waals surface area contributed by atoms with Gasteiger partial charge in [-0.15, -0.1) is 0 Å². The van der Waals surface area contributed by atoms with E-state index >= 15 is 0 Å². The third-order valence-electron chi connectivity index (χ3n) is 3.50. The van der Waals surface area contributed by atoms with Gasteiger partial charge in [0, 0.05) is 6.42 Å². The molecule has 4 N–H and O–H groups in total. The van der Waals surface area contributed by atoms with E-state index in [1.807, 2.05) is 0 Å². The predicted molar refractivity (Wildman–Crippen MR) is 70.2 cm³/mol. The molecule has 0 unspecified atom stereocenters. The number of hydrogen-bond donors (Lipinski definition) is 3. The van der Waals surface area contributed by atoms with Crippen LogP contribution in [0.1, 0.15) is 12.6 Å². The second-order valence-corrected chi connectivity index (χ2v) is 4.75. The first-order chi connectivity index (χ1) is 10.0. The van der Waals surface area contributed by atoms with Gasteiger partial charge in [0.1, 0.15) is 24.0 Å². The van der Waals surface area contributed by atoms with Crippen LogP contribution in [0.15, 0.2) is 12.5 Å². The molecule has 0 spiro atoms. The number of ether oxygens (including phenoxy) is 1. The average molecular weight is 295 g/mol. The maximum Gasteiger partial charge on any atom is 0.313 e. The standard InChI is InChI=1S/C11H13N5O5/c12-11-9-10(5(2-13-11)16(19)20)15(4-14-9)8-1-6(18)7(3-17)21-8/h2,4,6-8,17-18H,1,3H2,(H2,12,13)/t6-,7+,8+/m0/s1. The van der Waals surface area contributed by atoms with Gasteiger partial charge in [-0.25, -0.2) is 9.97 Å². The maximum absolute atomic E-state index is 11.1. The van der Waals surface area contributed by atoms with Gasteiger partial charge >= 0.3 is 5.69 Å². The van der Waals surface area contributed by atoms with Gasteiger partial charge in [0.05, 0.1) is 24.0 Å². The van der Waals surface area contributed by atoms with Crippen LogP contribution >= 0.6 is 0 Å². The molecular formula is C11H13N5O5. The average Bonchev–Trinajstić information content (AvgIpc) is 3.02. The number of pyridine rings is 1. The van der Waals surface area contributed by atoms with Gasteiger partial charge in [0.25, 0.3) is 0 Å². The van der Waals surface area contributed by atoms with Crippen LogP contribution in [-0.2, 0) is 4.74 Å². The molecule has 10 heteroatoms. The van der Waals surface area contributed by atoms with Crippen molar-refractivity contribution in [1.29, 1.82) is 0 Å². The summed E-state index contributed by atoms with van der Waals surface area (Å²) >= 11 is 0. The quantitative estimate of drug-likeness (QED) is 0.509. The summed E-state index contributed by atoms with van der Waals surface area (Å²) in [6.45, 7) is -0.337. The van der Waals surface area contributed by atoms with Gasteiger partial charge in [-0.05, 0) is 0 Å². The zero-order chi connectivity index (χ0) is 15.1. The molecule has 3 atom stereocenters. The molecule has 0 bridgehead atoms. The summed E-state index contributed by atoms with van der Waals surface area (Å²) in [6.07, 6.45) is 0.359. The number of aliphatic hydroxyl groups is 2. The molecule has 0 aromatic carbocycles.